The van der Waals surface area contributed by atoms with E-state index in [1.807, 2.05) is 27.0 Å². The molecule has 0 aliphatic carbocycles. The van der Waals surface area contributed by atoms with Crippen LogP contribution in [-0.2, 0) is 10.0 Å². The number of hydrogen-bond acceptors (Lipinski definition) is 4. The second-order valence-electron chi connectivity index (χ2n) is 5.17. The molecule has 7 heteroatoms. The highest BCUT2D eigenvalue weighted by atomic mass is 32.2. The van der Waals surface area contributed by atoms with Gasteiger partial charge < -0.3 is 9.72 Å². The fourth-order valence-corrected chi connectivity index (χ4v) is 3.19. The second kappa shape index (κ2) is 6.87. The molecule has 2 rings (SSSR count). The first-order valence-corrected chi connectivity index (χ1v) is 8.77. The third-order valence-corrected chi connectivity index (χ3v) is 4.64. The molecule has 1 aromatic carbocycles. The van der Waals surface area contributed by atoms with Gasteiger partial charge in [0, 0.05) is 17.5 Å². The quantitative estimate of drug-likeness (QED) is 0.629. The van der Waals surface area contributed by atoms with Gasteiger partial charge in [0.25, 0.3) is 10.0 Å². The van der Waals surface area contributed by atoms with Crippen LogP contribution in [0.3, 0.4) is 0 Å². The zero-order chi connectivity index (χ0) is 17.0. The number of ether oxygens (including phenoxy) is 1. The van der Waals surface area contributed by atoms with Crippen LogP contribution in [0.1, 0.15) is 30.7 Å². The lowest BCUT2D eigenvalue weighted by Crippen LogP contribution is -2.20. The predicted octanol–water partition coefficient (Wildman–Crippen LogP) is 2.73. The fourth-order valence-electron chi connectivity index (χ4n) is 2.33. The number of sulfonamides is 1. The normalized spacial score (nSPS) is 12.3. The number of rotatable bonds is 6. The molecule has 0 saturated heterocycles. The molecule has 2 aromatic rings. The maximum Gasteiger partial charge on any atom is 0.276 e. The Morgan fingerprint density at radius 1 is 1.26 bits per heavy atom. The molecule has 1 aromatic heterocycles. The molecule has 0 spiro atoms. The van der Waals surface area contributed by atoms with Gasteiger partial charge in [0.15, 0.2) is 0 Å². The van der Waals surface area contributed by atoms with Gasteiger partial charge in [-0.15, -0.1) is 0 Å². The van der Waals surface area contributed by atoms with Crippen molar-refractivity contribution in [1.82, 2.24) is 9.82 Å². The minimum atomic E-state index is -3.71. The van der Waals surface area contributed by atoms with Crippen LogP contribution in [0.4, 0.5) is 0 Å². The largest absolute Gasteiger partial charge is 0.494 e. The van der Waals surface area contributed by atoms with Crippen LogP contribution < -0.4 is 9.57 Å². The van der Waals surface area contributed by atoms with E-state index in [9.17, 15) is 8.42 Å². The Morgan fingerprint density at radius 2 is 1.91 bits per heavy atom. The molecule has 0 aliphatic heterocycles. The van der Waals surface area contributed by atoms with E-state index in [2.05, 4.69) is 14.9 Å². The average molecular weight is 335 g/mol. The molecule has 1 heterocycles. The van der Waals surface area contributed by atoms with Gasteiger partial charge in [-0.1, -0.05) is 0 Å². The number of hydrogen-bond donors (Lipinski definition) is 2. The van der Waals surface area contributed by atoms with Crippen molar-refractivity contribution in [3.8, 4) is 5.75 Å². The maximum absolute atomic E-state index is 12.3. The summed E-state index contributed by atoms with van der Waals surface area (Å²) in [5, 5.41) is 4.02. The van der Waals surface area contributed by atoms with Crippen LogP contribution in [0.5, 0.6) is 5.75 Å². The summed E-state index contributed by atoms with van der Waals surface area (Å²) in [6.07, 6.45) is 1.87. The molecule has 0 saturated carbocycles. The lowest BCUT2D eigenvalue weighted by atomic mass is 10.1. The first kappa shape index (κ1) is 17.1. The van der Waals surface area contributed by atoms with Crippen molar-refractivity contribution in [2.45, 2.75) is 32.6 Å². The zero-order valence-electron chi connectivity index (χ0n) is 13.7. The Hall–Kier alpha value is -2.28. The van der Waals surface area contributed by atoms with Gasteiger partial charge in [0.2, 0.25) is 0 Å². The first-order chi connectivity index (χ1) is 10.8. The van der Waals surface area contributed by atoms with E-state index >= 15 is 0 Å². The number of H-pyrrole nitrogens is 1. The molecular weight excluding hydrogens is 314 g/mol. The summed E-state index contributed by atoms with van der Waals surface area (Å²) < 4.78 is 29.9. The van der Waals surface area contributed by atoms with E-state index in [1.165, 1.54) is 12.1 Å². The van der Waals surface area contributed by atoms with E-state index in [0.29, 0.717) is 18.1 Å². The average Bonchev–Trinajstić information content (AvgIpc) is 2.85. The first-order valence-electron chi connectivity index (χ1n) is 7.29. The van der Waals surface area contributed by atoms with Gasteiger partial charge >= 0.3 is 0 Å². The van der Waals surface area contributed by atoms with E-state index < -0.39 is 10.0 Å². The van der Waals surface area contributed by atoms with Crippen LogP contribution in [-0.4, -0.2) is 25.7 Å². The minimum Gasteiger partial charge on any atom is -0.494 e. The Kier molecular flexibility index (Phi) is 5.10. The van der Waals surface area contributed by atoms with Gasteiger partial charge in [-0.2, -0.15) is 18.4 Å². The molecule has 0 amide bonds. The van der Waals surface area contributed by atoms with Crippen LogP contribution in [0.15, 0.2) is 40.5 Å². The highest BCUT2D eigenvalue weighted by molar-refractivity contribution is 7.89. The molecule has 6 nitrogen and oxygen atoms in total. The number of aromatic nitrogens is 1. The lowest BCUT2D eigenvalue weighted by Gasteiger charge is -2.07. The van der Waals surface area contributed by atoms with Crippen LogP contribution in [0.2, 0.25) is 0 Å². The van der Waals surface area contributed by atoms with Gasteiger partial charge in [-0.05, 0) is 57.5 Å². The van der Waals surface area contributed by atoms with E-state index in [0.717, 1.165) is 16.8 Å². The topological polar surface area (TPSA) is 83.6 Å². The lowest BCUT2D eigenvalue weighted by molar-refractivity contribution is 0.340. The minimum absolute atomic E-state index is 0.139. The summed E-state index contributed by atoms with van der Waals surface area (Å²) in [6, 6.07) is 6.22. The van der Waals surface area contributed by atoms with Crippen LogP contribution >= 0.6 is 0 Å². The Balaban J connectivity index is 2.19. The molecule has 0 radical (unpaired) electrons. The van der Waals surface area contributed by atoms with Gasteiger partial charge in [0.1, 0.15) is 5.75 Å². The number of nitrogens with one attached hydrogen (secondary N) is 2. The monoisotopic (exact) mass is 335 g/mol. The molecule has 0 fully saturated rings. The Morgan fingerprint density at radius 3 is 2.43 bits per heavy atom. The van der Waals surface area contributed by atoms with Crippen molar-refractivity contribution >= 4 is 15.7 Å². The molecule has 0 bridgehead atoms. The Bertz CT molecular complexity index is 786. The van der Waals surface area contributed by atoms with Crippen molar-refractivity contribution in [2.75, 3.05) is 6.61 Å². The molecule has 0 atom stereocenters. The summed E-state index contributed by atoms with van der Waals surface area (Å²) in [6.45, 7) is 8.03. The third-order valence-electron chi connectivity index (χ3n) is 3.41. The van der Waals surface area contributed by atoms with E-state index in [1.54, 1.807) is 19.1 Å². The number of nitrogens with zero attached hydrogens (tertiary/aromatic N) is 1. The van der Waals surface area contributed by atoms with Crippen LogP contribution in [0.25, 0.3) is 0 Å². The maximum atomic E-state index is 12.3. The zero-order valence-corrected chi connectivity index (χ0v) is 14.5. The summed E-state index contributed by atoms with van der Waals surface area (Å²) >= 11 is 0. The molecule has 23 heavy (non-hydrogen) atoms. The summed E-state index contributed by atoms with van der Waals surface area (Å²) in [4.78, 5) is 5.51. The van der Waals surface area contributed by atoms with Crippen molar-refractivity contribution in [2.24, 2.45) is 5.10 Å². The number of aromatic amines is 1. The molecule has 0 unspecified atom stereocenters. The van der Waals surface area contributed by atoms with E-state index in [4.69, 9.17) is 4.74 Å². The summed E-state index contributed by atoms with van der Waals surface area (Å²) in [5.74, 6) is 0.629. The fraction of sp³-hybridized carbons (Fsp3) is 0.312. The van der Waals surface area contributed by atoms with E-state index in [-0.39, 0.29) is 4.90 Å². The second-order valence-corrected chi connectivity index (χ2v) is 6.83. The van der Waals surface area contributed by atoms with Gasteiger partial charge in [-0.3, -0.25) is 0 Å². The number of benzene rings is 1. The molecule has 124 valence electrons. The van der Waals surface area contributed by atoms with Crippen molar-refractivity contribution < 1.29 is 13.2 Å². The number of hydrazone groups is 1. The molecular formula is C16H21N3O3S. The highest BCUT2D eigenvalue weighted by Gasteiger charge is 2.14. The standard InChI is InChI=1S/C16H21N3O3S/c1-5-22-14-6-8-15(9-7-14)23(20,21)19-18-13(4)16-11(2)10-17-12(16)3/h6-10,17,19H,5H2,1-4H3/b18-13+. The van der Waals surface area contributed by atoms with Gasteiger partial charge in [-0.25, -0.2) is 0 Å². The smallest absolute Gasteiger partial charge is 0.276 e. The highest BCUT2D eigenvalue weighted by Crippen LogP contribution is 2.17. The molecule has 0 aliphatic rings. The third kappa shape index (κ3) is 3.92. The number of aryl methyl sites for hydroxylation is 2. The van der Waals surface area contributed by atoms with Crippen molar-refractivity contribution in [3.63, 3.8) is 0 Å². The van der Waals surface area contributed by atoms with Gasteiger partial charge in [0.05, 0.1) is 17.2 Å². The molecule has 2 N–H and O–H groups in total. The van der Waals surface area contributed by atoms with Crippen molar-refractivity contribution in [1.29, 1.82) is 0 Å². The SMILES string of the molecule is CCOc1ccc(S(=O)(=O)N/N=C(\C)c2c(C)c[nH]c2C)cc1. The summed E-state index contributed by atoms with van der Waals surface area (Å²) in [5.41, 5.74) is 3.49. The van der Waals surface area contributed by atoms with Crippen LogP contribution in [0, 0.1) is 13.8 Å². The Labute approximate surface area is 136 Å². The predicted molar refractivity (Wildman–Crippen MR) is 90.4 cm³/mol. The van der Waals surface area contributed by atoms with Crippen molar-refractivity contribution in [3.05, 3.63) is 47.3 Å². The summed E-state index contributed by atoms with van der Waals surface area (Å²) in [7, 11) is -3.71.